The molecule has 0 aliphatic carbocycles. The Morgan fingerprint density at radius 3 is 1.88 bits per heavy atom. The summed E-state index contributed by atoms with van der Waals surface area (Å²) >= 11 is 0. The third-order valence-corrected chi connectivity index (χ3v) is 4.77. The van der Waals surface area contributed by atoms with Gasteiger partial charge in [0.25, 0.3) is 0 Å². The van der Waals surface area contributed by atoms with Crippen molar-refractivity contribution in [2.45, 2.75) is 6.18 Å². The van der Waals surface area contributed by atoms with Crippen molar-refractivity contribution < 1.29 is 32.2 Å². The van der Waals surface area contributed by atoms with E-state index in [2.05, 4.69) is 0 Å². The molecule has 0 spiro atoms. The summed E-state index contributed by atoms with van der Waals surface area (Å²) in [6.45, 7) is 0. The summed E-state index contributed by atoms with van der Waals surface area (Å²) in [4.78, 5) is 0. The second-order valence-corrected chi connectivity index (χ2v) is 7.22. The highest BCUT2D eigenvalue weighted by atomic mass is 19.4. The van der Waals surface area contributed by atoms with E-state index in [-0.39, 0.29) is 33.9 Å². The second-order valence-electron chi connectivity index (χ2n) is 7.22. The van der Waals surface area contributed by atoms with Crippen LogP contribution in [0.4, 0.5) is 33.3 Å². The number of nitrogens with two attached hydrogens (primary N) is 2. The first-order chi connectivity index (χ1) is 16.0. The number of hydrogen-bond acceptors (Lipinski definition) is 4. The molecule has 0 amide bonds. The van der Waals surface area contributed by atoms with E-state index in [9.17, 15) is 32.2 Å². The van der Waals surface area contributed by atoms with E-state index in [1.165, 1.54) is 48.5 Å². The van der Waals surface area contributed by atoms with Crippen LogP contribution in [0.1, 0.15) is 5.56 Å². The quantitative estimate of drug-likeness (QED) is 0.195. The predicted molar refractivity (Wildman–Crippen MR) is 121 cm³/mol. The number of hydrogen-bond donors (Lipinski definition) is 4. The maximum atomic E-state index is 13.0. The smallest absolute Gasteiger partial charge is 0.417 e. The molecule has 4 rings (SSSR count). The lowest BCUT2D eigenvalue weighted by Crippen LogP contribution is -2.07. The predicted octanol–water partition coefficient (Wildman–Crippen LogP) is 6.58. The first kappa shape index (κ1) is 24.4. The second kappa shape index (κ2) is 9.70. The number of nitrogen functional groups attached to an aromatic ring is 2. The van der Waals surface area contributed by atoms with Crippen molar-refractivity contribution in [3.05, 3.63) is 96.1 Å². The van der Waals surface area contributed by atoms with Gasteiger partial charge in [0, 0.05) is 34.6 Å². The highest BCUT2D eigenvalue weighted by molar-refractivity contribution is 5.83. The molecular weight excluding hydrogens is 455 g/mol. The van der Waals surface area contributed by atoms with Crippen LogP contribution in [0.25, 0.3) is 22.3 Å². The van der Waals surface area contributed by atoms with Gasteiger partial charge in [0.05, 0.1) is 5.56 Å². The fraction of sp³-hybridized carbons (Fsp3) is 0.0400. The topological polar surface area (TPSA) is 92.5 Å². The molecule has 9 heteroatoms. The monoisotopic (exact) mass is 474 g/mol. The summed E-state index contributed by atoms with van der Waals surface area (Å²) in [5.41, 5.74) is 11.3. The molecule has 4 aromatic rings. The molecule has 0 fully saturated rings. The van der Waals surface area contributed by atoms with Gasteiger partial charge in [0.1, 0.15) is 23.1 Å². The summed E-state index contributed by atoms with van der Waals surface area (Å²) in [7, 11) is 0. The highest BCUT2D eigenvalue weighted by Gasteiger charge is 2.34. The molecule has 176 valence electrons. The number of benzene rings is 4. The van der Waals surface area contributed by atoms with Gasteiger partial charge in [-0.1, -0.05) is 24.3 Å². The average molecular weight is 474 g/mol. The van der Waals surface area contributed by atoms with E-state index in [1.807, 2.05) is 0 Å². The lowest BCUT2D eigenvalue weighted by atomic mass is 9.97. The van der Waals surface area contributed by atoms with Gasteiger partial charge in [-0.2, -0.15) is 13.2 Å². The van der Waals surface area contributed by atoms with Crippen LogP contribution in [0, 0.1) is 11.6 Å². The molecule has 6 N–H and O–H groups in total. The first-order valence-electron chi connectivity index (χ1n) is 9.76. The first-order valence-corrected chi connectivity index (χ1v) is 9.76. The van der Waals surface area contributed by atoms with E-state index in [4.69, 9.17) is 11.5 Å². The number of phenols is 2. The van der Waals surface area contributed by atoms with Crippen LogP contribution < -0.4 is 11.5 Å². The van der Waals surface area contributed by atoms with Crippen LogP contribution in [-0.2, 0) is 6.18 Å². The fourth-order valence-electron chi connectivity index (χ4n) is 3.30. The minimum atomic E-state index is -4.49. The van der Waals surface area contributed by atoms with E-state index < -0.39 is 23.4 Å². The van der Waals surface area contributed by atoms with Crippen molar-refractivity contribution >= 4 is 11.4 Å². The number of rotatable bonds is 2. The summed E-state index contributed by atoms with van der Waals surface area (Å²) in [5.74, 6) is -1.76. The van der Waals surface area contributed by atoms with Gasteiger partial charge in [0.15, 0.2) is 0 Å². The number of alkyl halides is 3. The van der Waals surface area contributed by atoms with E-state index in [0.29, 0.717) is 11.3 Å². The molecule has 0 aromatic heterocycles. The standard InChI is InChI=1S/C13H10F3NO.C12H9F2NO/c14-13(15,16)9-5-2-1-4-8(9)12-10(17)6-3-7-11(12)18;13-8-3-7(4-9(14)5-8)11-2-1-10(15)6-12(11)16/h1-7,18H,17H2;1-6,16H,15H2. The van der Waals surface area contributed by atoms with Crippen LogP contribution in [0.15, 0.2) is 78.9 Å². The van der Waals surface area contributed by atoms with Gasteiger partial charge in [-0.25, -0.2) is 8.78 Å². The SMILES string of the molecule is Nc1ccc(-c2cc(F)cc(F)c2)c(O)c1.Nc1cccc(O)c1-c1ccccc1C(F)(F)F. The molecule has 0 bridgehead atoms. The normalized spacial score (nSPS) is 11.0. The molecule has 0 aliphatic heterocycles. The van der Waals surface area contributed by atoms with Crippen molar-refractivity contribution in [3.8, 4) is 33.8 Å². The molecule has 4 nitrogen and oxygen atoms in total. The van der Waals surface area contributed by atoms with Crippen LogP contribution in [0.5, 0.6) is 11.5 Å². The molecule has 4 aromatic carbocycles. The van der Waals surface area contributed by atoms with Gasteiger partial charge in [0.2, 0.25) is 0 Å². The van der Waals surface area contributed by atoms with Gasteiger partial charge in [-0.3, -0.25) is 0 Å². The van der Waals surface area contributed by atoms with Gasteiger partial charge < -0.3 is 21.7 Å². The Balaban J connectivity index is 0.000000192. The summed E-state index contributed by atoms with van der Waals surface area (Å²) in [6, 6.07) is 16.7. The Hall–Kier alpha value is -4.27. The van der Waals surface area contributed by atoms with Gasteiger partial charge in [-0.15, -0.1) is 0 Å². The average Bonchev–Trinajstić information content (AvgIpc) is 2.73. The van der Waals surface area contributed by atoms with E-state index in [0.717, 1.165) is 24.3 Å². The van der Waals surface area contributed by atoms with Crippen LogP contribution >= 0.6 is 0 Å². The Kier molecular flexibility index (Phi) is 6.95. The summed E-state index contributed by atoms with van der Waals surface area (Å²) < 4.78 is 64.6. The fourth-order valence-corrected chi connectivity index (χ4v) is 3.30. The van der Waals surface area contributed by atoms with Crippen molar-refractivity contribution in [2.75, 3.05) is 11.5 Å². The minimum absolute atomic E-state index is 0.00502. The zero-order chi connectivity index (χ0) is 25.0. The van der Waals surface area contributed by atoms with Crippen molar-refractivity contribution in [1.29, 1.82) is 0 Å². The van der Waals surface area contributed by atoms with E-state index in [1.54, 1.807) is 6.07 Å². The van der Waals surface area contributed by atoms with Crippen LogP contribution in [0.3, 0.4) is 0 Å². The Morgan fingerprint density at radius 2 is 1.29 bits per heavy atom. The maximum Gasteiger partial charge on any atom is 0.417 e. The Morgan fingerprint density at radius 1 is 0.647 bits per heavy atom. The highest BCUT2D eigenvalue weighted by Crippen LogP contribution is 2.42. The van der Waals surface area contributed by atoms with Gasteiger partial charge >= 0.3 is 6.18 Å². The molecule has 0 heterocycles. The van der Waals surface area contributed by atoms with Crippen molar-refractivity contribution in [3.63, 3.8) is 0 Å². The Labute approximate surface area is 191 Å². The largest absolute Gasteiger partial charge is 0.507 e. The van der Waals surface area contributed by atoms with Crippen molar-refractivity contribution in [1.82, 2.24) is 0 Å². The van der Waals surface area contributed by atoms with Crippen LogP contribution in [0.2, 0.25) is 0 Å². The third kappa shape index (κ3) is 5.55. The molecule has 0 radical (unpaired) electrons. The number of anilines is 2. The number of aromatic hydroxyl groups is 2. The lowest BCUT2D eigenvalue weighted by molar-refractivity contribution is -0.137. The molecule has 0 unspecified atom stereocenters. The summed E-state index contributed by atoms with van der Waals surface area (Å²) in [5, 5.41) is 19.3. The molecular formula is C25H19F5N2O2. The summed E-state index contributed by atoms with van der Waals surface area (Å²) in [6.07, 6.45) is -4.49. The zero-order valence-electron chi connectivity index (χ0n) is 17.4. The number of halogens is 5. The lowest BCUT2D eigenvalue weighted by Gasteiger charge is -2.15. The van der Waals surface area contributed by atoms with Crippen LogP contribution in [-0.4, -0.2) is 10.2 Å². The molecule has 0 atom stereocenters. The third-order valence-electron chi connectivity index (χ3n) is 4.77. The van der Waals surface area contributed by atoms with E-state index >= 15 is 0 Å². The van der Waals surface area contributed by atoms with Crippen molar-refractivity contribution in [2.24, 2.45) is 0 Å². The minimum Gasteiger partial charge on any atom is -0.507 e. The maximum absolute atomic E-state index is 13.0. The van der Waals surface area contributed by atoms with Gasteiger partial charge in [-0.05, 0) is 53.6 Å². The molecule has 0 saturated heterocycles. The Bertz CT molecular complexity index is 1280. The number of phenolic OH excluding ortho intramolecular Hbond substituents is 2. The molecule has 0 saturated carbocycles. The molecule has 0 aliphatic rings. The zero-order valence-corrected chi connectivity index (χ0v) is 17.4. The molecule has 34 heavy (non-hydrogen) atoms.